The highest BCUT2D eigenvalue weighted by Crippen LogP contribution is 2.35. The fourth-order valence-corrected chi connectivity index (χ4v) is 1.81. The summed E-state index contributed by atoms with van der Waals surface area (Å²) in [7, 11) is 1.72. The minimum Gasteiger partial charge on any atom is -0.383 e. The Kier molecular flexibility index (Phi) is 4.39. The highest BCUT2D eigenvalue weighted by Gasteiger charge is 2.32. The van der Waals surface area contributed by atoms with Crippen molar-refractivity contribution in [2.24, 2.45) is 5.92 Å². The fraction of sp³-hybridized carbons (Fsp3) is 0.909. The van der Waals surface area contributed by atoms with Crippen molar-refractivity contribution in [2.45, 2.75) is 39.2 Å². The van der Waals surface area contributed by atoms with Crippen LogP contribution in [0.15, 0.2) is 0 Å². The van der Waals surface area contributed by atoms with E-state index in [4.69, 9.17) is 10.1 Å². The fourth-order valence-electron chi connectivity index (χ4n) is 1.81. The molecule has 1 atom stereocenters. The van der Waals surface area contributed by atoms with Crippen molar-refractivity contribution < 1.29 is 4.74 Å². The van der Waals surface area contributed by atoms with Crippen molar-refractivity contribution in [3.63, 3.8) is 0 Å². The third kappa shape index (κ3) is 2.98. The summed E-state index contributed by atoms with van der Waals surface area (Å²) in [5.41, 5.74) is 0. The van der Waals surface area contributed by atoms with Crippen LogP contribution in [0.25, 0.3) is 0 Å². The zero-order valence-corrected chi connectivity index (χ0v) is 9.55. The third-order valence-electron chi connectivity index (χ3n) is 3.01. The summed E-state index contributed by atoms with van der Waals surface area (Å²) in [5.74, 6) is 1.57. The molecule has 0 aliphatic heterocycles. The van der Waals surface area contributed by atoms with E-state index in [1.807, 2.05) is 6.92 Å². The van der Waals surface area contributed by atoms with Crippen LogP contribution in [0.2, 0.25) is 0 Å². The Balaban J connectivity index is 2.45. The summed E-state index contributed by atoms with van der Waals surface area (Å²) in [4.78, 5) is 2.20. The molecule has 0 aromatic carbocycles. The van der Waals surface area contributed by atoms with Crippen LogP contribution < -0.4 is 0 Å². The Labute approximate surface area is 86.9 Å². The van der Waals surface area contributed by atoms with Crippen LogP contribution in [0.5, 0.6) is 0 Å². The molecule has 3 nitrogen and oxygen atoms in total. The topological polar surface area (TPSA) is 36.3 Å². The molecule has 82 valence electrons. The lowest BCUT2D eigenvalue weighted by atomic mass is 10.1. The molecule has 1 rings (SSSR count). The van der Waals surface area contributed by atoms with E-state index >= 15 is 0 Å². The van der Waals surface area contributed by atoms with Gasteiger partial charge in [0.1, 0.15) is 0 Å². The van der Waals surface area contributed by atoms with E-state index < -0.39 is 0 Å². The molecule has 0 aromatic heterocycles. The third-order valence-corrected chi connectivity index (χ3v) is 3.01. The average molecular weight is 198 g/mol. The molecular weight excluding hydrogens is 176 g/mol. The van der Waals surface area contributed by atoms with Gasteiger partial charge in [0.2, 0.25) is 0 Å². The summed E-state index contributed by atoms with van der Waals surface area (Å²) in [6, 6.07) is 0.526. The monoisotopic (exact) mass is 198 g/mol. The van der Waals surface area contributed by atoms with E-state index in [2.05, 4.69) is 11.8 Å². The Morgan fingerprint density at radius 3 is 2.64 bits per heavy atom. The number of nitrogens with one attached hydrogen (secondary N) is 1. The van der Waals surface area contributed by atoms with Crippen molar-refractivity contribution >= 4 is 5.84 Å². The second-order valence-electron chi connectivity index (χ2n) is 4.06. The maximum absolute atomic E-state index is 7.89. The Hall–Kier alpha value is -0.570. The minimum atomic E-state index is 0.526. The van der Waals surface area contributed by atoms with E-state index in [1.165, 1.54) is 12.8 Å². The molecule has 0 heterocycles. The number of methoxy groups -OCH3 is 1. The maximum atomic E-state index is 7.89. The van der Waals surface area contributed by atoms with E-state index in [0.29, 0.717) is 6.04 Å². The summed E-state index contributed by atoms with van der Waals surface area (Å²) in [5, 5.41) is 7.89. The van der Waals surface area contributed by atoms with Gasteiger partial charge >= 0.3 is 0 Å². The van der Waals surface area contributed by atoms with Crippen molar-refractivity contribution in [3.05, 3.63) is 0 Å². The zero-order chi connectivity index (χ0) is 10.6. The number of hydrogen-bond acceptors (Lipinski definition) is 2. The Bertz CT molecular complexity index is 190. The molecule has 1 aliphatic rings. The average Bonchev–Trinajstić information content (AvgIpc) is 3.00. The molecular formula is C11H22N2O. The quantitative estimate of drug-likeness (QED) is 0.524. The summed E-state index contributed by atoms with van der Waals surface area (Å²) < 4.78 is 5.08. The van der Waals surface area contributed by atoms with Crippen LogP contribution in [-0.4, -0.2) is 37.0 Å². The number of amidine groups is 1. The lowest BCUT2D eigenvalue weighted by Crippen LogP contribution is -2.41. The van der Waals surface area contributed by atoms with Gasteiger partial charge in [0.15, 0.2) is 0 Å². The molecule has 0 aromatic rings. The van der Waals surface area contributed by atoms with Gasteiger partial charge in [-0.05, 0) is 25.7 Å². The smallest absolute Gasteiger partial charge is 0.0958 e. The second kappa shape index (κ2) is 5.35. The molecule has 1 N–H and O–H groups in total. The molecule has 1 aliphatic carbocycles. The lowest BCUT2D eigenvalue weighted by molar-refractivity contribution is 0.158. The SMILES string of the molecule is CCC(=N)N(CCOC)C(C)C1CC1. The number of nitrogens with zero attached hydrogens (tertiary/aromatic N) is 1. The molecule has 1 saturated carbocycles. The first-order valence-corrected chi connectivity index (χ1v) is 5.53. The van der Waals surface area contributed by atoms with E-state index in [-0.39, 0.29) is 0 Å². The molecule has 0 spiro atoms. The van der Waals surface area contributed by atoms with Gasteiger partial charge in [0, 0.05) is 26.1 Å². The van der Waals surface area contributed by atoms with E-state index in [0.717, 1.165) is 31.3 Å². The van der Waals surface area contributed by atoms with Crippen LogP contribution in [-0.2, 0) is 4.74 Å². The lowest BCUT2D eigenvalue weighted by Gasteiger charge is -2.31. The normalized spacial score (nSPS) is 17.9. The highest BCUT2D eigenvalue weighted by molar-refractivity contribution is 5.79. The molecule has 0 saturated heterocycles. The van der Waals surface area contributed by atoms with Gasteiger partial charge in [0.05, 0.1) is 12.4 Å². The number of rotatable bonds is 6. The van der Waals surface area contributed by atoms with Gasteiger partial charge in [-0.1, -0.05) is 6.92 Å². The van der Waals surface area contributed by atoms with Gasteiger partial charge in [0.25, 0.3) is 0 Å². The largest absolute Gasteiger partial charge is 0.383 e. The van der Waals surface area contributed by atoms with Crippen molar-refractivity contribution in [1.82, 2.24) is 4.90 Å². The maximum Gasteiger partial charge on any atom is 0.0958 e. The van der Waals surface area contributed by atoms with Crippen molar-refractivity contribution in [1.29, 1.82) is 5.41 Å². The zero-order valence-electron chi connectivity index (χ0n) is 9.55. The van der Waals surface area contributed by atoms with Crippen LogP contribution in [0, 0.1) is 11.3 Å². The second-order valence-corrected chi connectivity index (χ2v) is 4.06. The van der Waals surface area contributed by atoms with Crippen molar-refractivity contribution in [2.75, 3.05) is 20.3 Å². The van der Waals surface area contributed by atoms with Gasteiger partial charge in [-0.2, -0.15) is 0 Å². The number of hydrogen-bond donors (Lipinski definition) is 1. The Morgan fingerprint density at radius 1 is 1.57 bits per heavy atom. The standard InChI is InChI=1S/C11H22N2O/c1-4-11(12)13(7-8-14-3)9(2)10-5-6-10/h9-10,12H,4-8H2,1-3H3. The van der Waals surface area contributed by atoms with Crippen LogP contribution in [0.4, 0.5) is 0 Å². The molecule has 0 radical (unpaired) electrons. The van der Waals surface area contributed by atoms with Crippen LogP contribution in [0.3, 0.4) is 0 Å². The number of ether oxygens (including phenoxy) is 1. The summed E-state index contributed by atoms with van der Waals surface area (Å²) in [6.45, 7) is 5.86. The predicted octanol–water partition coefficient (Wildman–Crippen LogP) is 2.12. The van der Waals surface area contributed by atoms with Crippen LogP contribution in [0.1, 0.15) is 33.1 Å². The predicted molar refractivity (Wildman–Crippen MR) is 58.8 cm³/mol. The van der Waals surface area contributed by atoms with Gasteiger partial charge in [-0.15, -0.1) is 0 Å². The minimum absolute atomic E-state index is 0.526. The van der Waals surface area contributed by atoms with E-state index in [1.54, 1.807) is 7.11 Å². The first-order chi connectivity index (χ1) is 6.70. The van der Waals surface area contributed by atoms with Gasteiger partial charge < -0.3 is 9.64 Å². The molecule has 3 heteroatoms. The first kappa shape index (κ1) is 11.5. The van der Waals surface area contributed by atoms with E-state index in [9.17, 15) is 0 Å². The molecule has 1 unspecified atom stereocenters. The Morgan fingerprint density at radius 2 is 2.21 bits per heavy atom. The molecule has 1 fully saturated rings. The summed E-state index contributed by atoms with van der Waals surface area (Å²) in [6.07, 6.45) is 3.49. The van der Waals surface area contributed by atoms with Crippen molar-refractivity contribution in [3.8, 4) is 0 Å². The van der Waals surface area contributed by atoms with Gasteiger partial charge in [-0.25, -0.2) is 0 Å². The first-order valence-electron chi connectivity index (χ1n) is 5.53. The molecule has 0 amide bonds. The molecule has 14 heavy (non-hydrogen) atoms. The van der Waals surface area contributed by atoms with Gasteiger partial charge in [-0.3, -0.25) is 5.41 Å². The van der Waals surface area contributed by atoms with Crippen LogP contribution >= 0.6 is 0 Å². The molecule has 0 bridgehead atoms. The summed E-state index contributed by atoms with van der Waals surface area (Å²) >= 11 is 0. The highest BCUT2D eigenvalue weighted by atomic mass is 16.5.